The second-order valence-electron chi connectivity index (χ2n) is 13.4. The molecule has 1 nitrogen and oxygen atoms in total. The topological polar surface area (TPSA) is 20.2 Å². The van der Waals surface area contributed by atoms with Crippen LogP contribution in [0.4, 0.5) is 0 Å². The summed E-state index contributed by atoms with van der Waals surface area (Å²) in [5.41, 5.74) is 2.89. The number of aliphatic hydroxyl groups excluding tert-OH is 1. The van der Waals surface area contributed by atoms with Crippen LogP contribution in [-0.4, -0.2) is 11.7 Å². The fourth-order valence-corrected chi connectivity index (χ4v) is 12.8. The first kappa shape index (κ1) is 21.2. The monoisotopic (exact) mass is 388 g/mol. The molecule has 0 saturated heterocycles. The zero-order chi connectivity index (χ0) is 21.6. The van der Waals surface area contributed by atoms with Crippen LogP contribution in [0.1, 0.15) is 102 Å². The molecule has 162 valence electrons. The van der Waals surface area contributed by atoms with Gasteiger partial charge in [0, 0.05) is 6.61 Å². The summed E-state index contributed by atoms with van der Waals surface area (Å²) < 4.78 is 0. The summed E-state index contributed by atoms with van der Waals surface area (Å²) in [5, 5.41) is 9.97. The quantitative estimate of drug-likeness (QED) is 0.540. The van der Waals surface area contributed by atoms with Crippen LogP contribution in [0.3, 0.4) is 0 Å². The minimum absolute atomic E-state index is 0.220. The lowest BCUT2D eigenvalue weighted by Gasteiger charge is -3.04. The van der Waals surface area contributed by atoms with Crippen molar-refractivity contribution < 1.29 is 5.11 Å². The maximum absolute atomic E-state index is 9.97. The van der Waals surface area contributed by atoms with Crippen molar-refractivity contribution >= 4 is 0 Å². The molecule has 0 heterocycles. The molecule has 1 N–H and O–H groups in total. The highest BCUT2D eigenvalue weighted by Gasteiger charge is 3.04. The van der Waals surface area contributed by atoms with Crippen molar-refractivity contribution in [2.45, 2.75) is 102 Å². The van der Waals surface area contributed by atoms with E-state index < -0.39 is 0 Å². The molecule has 4 aliphatic rings. The molecule has 4 aliphatic carbocycles. The van der Waals surface area contributed by atoms with Crippen LogP contribution >= 0.6 is 0 Å². The van der Waals surface area contributed by atoms with E-state index >= 15 is 0 Å². The Bertz CT molecular complexity index is 726. The Balaban J connectivity index is 1.95. The van der Waals surface area contributed by atoms with Gasteiger partial charge in [-0.3, -0.25) is 0 Å². The van der Waals surface area contributed by atoms with E-state index in [9.17, 15) is 5.11 Å². The molecule has 4 fully saturated rings. The second-order valence-corrected chi connectivity index (χ2v) is 13.4. The van der Waals surface area contributed by atoms with Crippen LogP contribution in [0.2, 0.25) is 0 Å². The third-order valence-electron chi connectivity index (χ3n) is 15.1. The number of aliphatic hydroxyl groups is 1. The molecule has 0 bridgehead atoms. The number of hydrogen-bond donors (Lipinski definition) is 1. The van der Waals surface area contributed by atoms with Crippen LogP contribution in [0.15, 0.2) is 0 Å². The predicted molar refractivity (Wildman–Crippen MR) is 119 cm³/mol. The molecule has 0 aromatic heterocycles. The van der Waals surface area contributed by atoms with E-state index in [1.807, 2.05) is 0 Å². The average Bonchev–Trinajstić information content (AvgIpc) is 2.80. The molecule has 0 aliphatic heterocycles. The molecule has 1 heteroatoms. The second kappa shape index (κ2) is 4.89. The minimum atomic E-state index is 0.220. The molecule has 10 unspecified atom stereocenters. The summed E-state index contributed by atoms with van der Waals surface area (Å²) in [7, 11) is 0. The predicted octanol–water partition coefficient (Wildman–Crippen LogP) is 7.18. The largest absolute Gasteiger partial charge is 0.396 e. The molecule has 4 saturated carbocycles. The van der Waals surface area contributed by atoms with E-state index in [1.165, 1.54) is 12.8 Å². The van der Waals surface area contributed by atoms with E-state index in [0.29, 0.717) is 45.0 Å². The van der Waals surface area contributed by atoms with Crippen molar-refractivity contribution in [2.24, 2.45) is 61.1 Å². The van der Waals surface area contributed by atoms with E-state index in [-0.39, 0.29) is 10.8 Å². The van der Waals surface area contributed by atoms with Crippen molar-refractivity contribution in [3.05, 3.63) is 0 Å². The highest BCUT2D eigenvalue weighted by atomic mass is 16.3. The lowest BCUT2D eigenvalue weighted by Crippen LogP contribution is -3.00. The van der Waals surface area contributed by atoms with Gasteiger partial charge in [0.25, 0.3) is 0 Å². The van der Waals surface area contributed by atoms with Gasteiger partial charge in [0.05, 0.1) is 0 Å². The SMILES string of the molecule is CCC1(C)C(C)(CC)C2(C)C3(C)C4C(C(C)C(C)(CCO)C4(C)C)C3(C)C12C. The standard InChI is InChI=1S/C27H48O/c1-13-22(7)23(8,14-2)27(12)25(10)19-18(24(25,9)26(22,27)11)17(3)21(6,15-16-28)20(19,4)5/h17-19,28H,13-16H2,1-12H3. The molecule has 0 radical (unpaired) electrons. The summed E-state index contributed by atoms with van der Waals surface area (Å²) in [4.78, 5) is 0. The van der Waals surface area contributed by atoms with Crippen molar-refractivity contribution in [1.82, 2.24) is 0 Å². The minimum Gasteiger partial charge on any atom is -0.396 e. The molecule has 28 heavy (non-hydrogen) atoms. The Morgan fingerprint density at radius 2 is 1.14 bits per heavy atom. The molecule has 0 spiro atoms. The summed E-state index contributed by atoms with van der Waals surface area (Å²) in [6.07, 6.45) is 3.53. The third kappa shape index (κ3) is 1.25. The highest BCUT2D eigenvalue weighted by Crippen LogP contribution is 3.07. The Labute approximate surface area is 175 Å². The molecular formula is C27H48O. The molecular weight excluding hydrogens is 340 g/mol. The van der Waals surface area contributed by atoms with E-state index in [2.05, 4.69) is 83.1 Å². The van der Waals surface area contributed by atoms with Gasteiger partial charge >= 0.3 is 0 Å². The van der Waals surface area contributed by atoms with Gasteiger partial charge in [-0.15, -0.1) is 0 Å². The van der Waals surface area contributed by atoms with E-state index in [0.717, 1.165) is 18.3 Å². The normalized spacial score (nSPS) is 66.1. The number of fused-ring (bicyclic) bond motifs is 7. The van der Waals surface area contributed by atoms with Crippen molar-refractivity contribution in [2.75, 3.05) is 6.61 Å². The molecule has 0 amide bonds. The highest BCUT2D eigenvalue weighted by molar-refractivity contribution is 5.50. The first-order valence-corrected chi connectivity index (χ1v) is 12.2. The lowest BCUT2D eigenvalue weighted by molar-refractivity contribution is -0.578. The average molecular weight is 389 g/mol. The maximum Gasteiger partial charge on any atom is 0.0436 e. The van der Waals surface area contributed by atoms with Crippen LogP contribution < -0.4 is 0 Å². The summed E-state index contributed by atoms with van der Waals surface area (Å²) in [5.74, 6) is 2.23. The van der Waals surface area contributed by atoms with Gasteiger partial charge in [-0.25, -0.2) is 0 Å². The smallest absolute Gasteiger partial charge is 0.0436 e. The van der Waals surface area contributed by atoms with Crippen molar-refractivity contribution in [3.8, 4) is 0 Å². The van der Waals surface area contributed by atoms with Gasteiger partial charge in [-0.05, 0) is 80.3 Å². The Kier molecular flexibility index (Phi) is 3.70. The first-order valence-electron chi connectivity index (χ1n) is 12.2. The molecule has 10 atom stereocenters. The van der Waals surface area contributed by atoms with Crippen molar-refractivity contribution in [1.29, 1.82) is 0 Å². The lowest BCUT2D eigenvalue weighted by atomic mass is 8.99. The summed E-state index contributed by atoms with van der Waals surface area (Å²) >= 11 is 0. The van der Waals surface area contributed by atoms with Crippen LogP contribution in [-0.2, 0) is 0 Å². The first-order chi connectivity index (χ1) is 12.6. The van der Waals surface area contributed by atoms with Crippen LogP contribution in [0.5, 0.6) is 0 Å². The molecule has 4 rings (SSSR count). The number of rotatable bonds is 4. The third-order valence-corrected chi connectivity index (χ3v) is 15.1. The van der Waals surface area contributed by atoms with E-state index in [1.54, 1.807) is 0 Å². The van der Waals surface area contributed by atoms with Gasteiger partial charge in [0.2, 0.25) is 0 Å². The summed E-state index contributed by atoms with van der Waals surface area (Å²) in [6.45, 7) is 31.4. The fraction of sp³-hybridized carbons (Fsp3) is 1.00. The zero-order valence-electron chi connectivity index (χ0n) is 21.0. The maximum atomic E-state index is 9.97. The van der Waals surface area contributed by atoms with Crippen LogP contribution in [0, 0.1) is 61.1 Å². The van der Waals surface area contributed by atoms with Crippen LogP contribution in [0.25, 0.3) is 0 Å². The summed E-state index contributed by atoms with van der Waals surface area (Å²) in [6, 6.07) is 0. The van der Waals surface area contributed by atoms with Gasteiger partial charge in [0.15, 0.2) is 0 Å². The van der Waals surface area contributed by atoms with Gasteiger partial charge in [-0.2, -0.15) is 0 Å². The van der Waals surface area contributed by atoms with Gasteiger partial charge < -0.3 is 5.11 Å². The zero-order valence-corrected chi connectivity index (χ0v) is 21.0. The van der Waals surface area contributed by atoms with Gasteiger partial charge in [-0.1, -0.05) is 83.1 Å². The Morgan fingerprint density at radius 3 is 1.54 bits per heavy atom. The van der Waals surface area contributed by atoms with E-state index in [4.69, 9.17) is 0 Å². The molecule has 0 aromatic carbocycles. The number of hydrogen-bond acceptors (Lipinski definition) is 1. The molecule has 0 aromatic rings. The van der Waals surface area contributed by atoms with Gasteiger partial charge in [0.1, 0.15) is 0 Å². The Hall–Kier alpha value is -0.0400. The van der Waals surface area contributed by atoms with Crippen molar-refractivity contribution in [3.63, 3.8) is 0 Å². The fourth-order valence-electron chi connectivity index (χ4n) is 12.8. The Morgan fingerprint density at radius 1 is 0.714 bits per heavy atom.